The van der Waals surface area contributed by atoms with Gasteiger partial charge >= 0.3 is 5.97 Å². The number of carbonyl (C=O) groups excluding carboxylic acids is 1. The van der Waals surface area contributed by atoms with E-state index in [2.05, 4.69) is 5.32 Å². The predicted octanol–water partition coefficient (Wildman–Crippen LogP) is 2.72. The van der Waals surface area contributed by atoms with E-state index in [0.717, 1.165) is 11.3 Å². The maximum atomic E-state index is 11.7. The number of benzene rings is 1. The van der Waals surface area contributed by atoms with Crippen molar-refractivity contribution >= 4 is 28.2 Å². The summed E-state index contributed by atoms with van der Waals surface area (Å²) in [4.78, 5) is 22.6. The molecule has 0 bridgehead atoms. The van der Waals surface area contributed by atoms with Crippen molar-refractivity contribution in [1.29, 1.82) is 0 Å². The summed E-state index contributed by atoms with van der Waals surface area (Å²) in [6.45, 7) is 0. The summed E-state index contributed by atoms with van der Waals surface area (Å²) in [5, 5.41) is 21.5. The molecule has 1 amide bonds. The van der Waals surface area contributed by atoms with Crippen molar-refractivity contribution in [2.75, 3.05) is 5.32 Å². The third-order valence-electron chi connectivity index (χ3n) is 2.69. The Labute approximate surface area is 119 Å². The molecule has 0 atom stereocenters. The molecule has 0 spiro atoms. The fourth-order valence-corrected chi connectivity index (χ4v) is 2.45. The molecular formula is C14H13NO4S. The summed E-state index contributed by atoms with van der Waals surface area (Å²) in [5.41, 5.74) is 0.708. The second kappa shape index (κ2) is 6.21. The number of aryl methyl sites for hydroxylation is 1. The maximum Gasteiger partial charge on any atom is 0.345 e. The van der Waals surface area contributed by atoms with Gasteiger partial charge in [-0.15, -0.1) is 11.3 Å². The fraction of sp³-hybridized carbons (Fsp3) is 0.143. The van der Waals surface area contributed by atoms with Crippen LogP contribution in [0.2, 0.25) is 0 Å². The lowest BCUT2D eigenvalue weighted by atomic mass is 10.1. The first-order valence-corrected chi connectivity index (χ1v) is 6.78. The van der Waals surface area contributed by atoms with Gasteiger partial charge in [-0.25, -0.2) is 4.79 Å². The van der Waals surface area contributed by atoms with Crippen molar-refractivity contribution in [1.82, 2.24) is 0 Å². The van der Waals surface area contributed by atoms with Crippen molar-refractivity contribution in [3.63, 3.8) is 0 Å². The van der Waals surface area contributed by atoms with Gasteiger partial charge < -0.3 is 15.5 Å². The van der Waals surface area contributed by atoms with Crippen LogP contribution in [0, 0.1) is 0 Å². The molecule has 2 rings (SSSR count). The van der Waals surface area contributed by atoms with E-state index in [1.54, 1.807) is 30.3 Å². The van der Waals surface area contributed by atoms with E-state index >= 15 is 0 Å². The topological polar surface area (TPSA) is 86.6 Å². The molecule has 0 aliphatic heterocycles. The summed E-state index contributed by atoms with van der Waals surface area (Å²) < 4.78 is 0. The summed E-state index contributed by atoms with van der Waals surface area (Å²) in [6, 6.07) is 9.86. The molecule has 0 saturated heterocycles. The minimum absolute atomic E-state index is 0.171. The number of aromatic hydroxyl groups is 1. The van der Waals surface area contributed by atoms with Crippen molar-refractivity contribution in [2.45, 2.75) is 12.8 Å². The average Bonchev–Trinajstić information content (AvgIpc) is 2.86. The van der Waals surface area contributed by atoms with Crippen LogP contribution in [0.5, 0.6) is 5.75 Å². The smallest absolute Gasteiger partial charge is 0.345 e. The number of thiophene rings is 1. The number of phenols is 1. The third kappa shape index (κ3) is 3.58. The fourth-order valence-electron chi connectivity index (χ4n) is 1.69. The molecule has 0 saturated carbocycles. The molecular weight excluding hydrogens is 278 g/mol. The Bertz CT molecular complexity index is 636. The van der Waals surface area contributed by atoms with E-state index in [4.69, 9.17) is 5.11 Å². The molecule has 0 unspecified atom stereocenters. The Morgan fingerprint density at radius 3 is 2.55 bits per heavy atom. The summed E-state index contributed by atoms with van der Waals surface area (Å²) in [6.07, 6.45) is 0.646. The molecule has 20 heavy (non-hydrogen) atoms. The lowest BCUT2D eigenvalue weighted by Crippen LogP contribution is -2.11. The Balaban J connectivity index is 1.89. The van der Waals surface area contributed by atoms with Crippen LogP contribution in [-0.2, 0) is 11.2 Å². The minimum atomic E-state index is -1.01. The lowest BCUT2D eigenvalue weighted by molar-refractivity contribution is -0.116. The van der Waals surface area contributed by atoms with E-state index in [9.17, 15) is 14.7 Å². The number of anilines is 1. The number of carbonyl (C=O) groups is 2. The molecule has 6 heteroatoms. The number of aromatic carboxylic acids is 1. The van der Waals surface area contributed by atoms with Crippen LogP contribution in [0.15, 0.2) is 36.4 Å². The molecule has 3 N–H and O–H groups in total. The molecule has 0 fully saturated rings. The second-order valence-electron chi connectivity index (χ2n) is 4.15. The Kier molecular flexibility index (Phi) is 4.37. The number of amides is 1. The van der Waals surface area contributed by atoms with Crippen LogP contribution in [0.3, 0.4) is 0 Å². The van der Waals surface area contributed by atoms with Gasteiger partial charge in [0.2, 0.25) is 5.91 Å². The first-order valence-electron chi connectivity index (χ1n) is 5.96. The monoisotopic (exact) mass is 291 g/mol. The zero-order chi connectivity index (χ0) is 14.5. The summed E-state index contributed by atoms with van der Waals surface area (Å²) >= 11 is 1.01. The largest absolute Gasteiger partial charge is 0.508 e. The average molecular weight is 291 g/mol. The number of hydrogen-bond acceptors (Lipinski definition) is 4. The SMILES string of the molecule is O=C(CCc1ccccc1O)Nc1ccc(C(=O)O)s1. The van der Waals surface area contributed by atoms with Gasteiger partial charge in [-0.05, 0) is 30.2 Å². The van der Waals surface area contributed by atoms with Crippen LogP contribution in [0.25, 0.3) is 0 Å². The van der Waals surface area contributed by atoms with Gasteiger partial charge in [0.1, 0.15) is 10.6 Å². The zero-order valence-corrected chi connectivity index (χ0v) is 11.3. The number of carboxylic acid groups (broad SMARTS) is 1. The molecule has 1 aromatic heterocycles. The van der Waals surface area contributed by atoms with Crippen LogP contribution < -0.4 is 5.32 Å². The number of para-hydroxylation sites is 1. The molecule has 104 valence electrons. The van der Waals surface area contributed by atoms with Crippen molar-refractivity contribution in [2.24, 2.45) is 0 Å². The highest BCUT2D eigenvalue weighted by molar-refractivity contribution is 7.18. The standard InChI is InChI=1S/C14H13NO4S/c16-10-4-2-1-3-9(10)5-7-12(17)15-13-8-6-11(20-13)14(18)19/h1-4,6,8,16H,5,7H2,(H,15,17)(H,18,19). The van der Waals surface area contributed by atoms with Gasteiger partial charge in [0, 0.05) is 6.42 Å². The molecule has 2 aromatic rings. The lowest BCUT2D eigenvalue weighted by Gasteiger charge is -2.04. The van der Waals surface area contributed by atoms with E-state index in [-0.39, 0.29) is 23.0 Å². The predicted molar refractivity (Wildman–Crippen MR) is 76.3 cm³/mol. The van der Waals surface area contributed by atoms with E-state index < -0.39 is 5.97 Å². The molecule has 0 aliphatic rings. The van der Waals surface area contributed by atoms with Gasteiger partial charge in [0.15, 0.2) is 0 Å². The number of rotatable bonds is 5. The molecule has 0 aliphatic carbocycles. The molecule has 5 nitrogen and oxygen atoms in total. The Morgan fingerprint density at radius 1 is 1.15 bits per heavy atom. The summed E-state index contributed by atoms with van der Waals surface area (Å²) in [7, 11) is 0. The van der Waals surface area contributed by atoms with Gasteiger partial charge in [0.05, 0.1) is 5.00 Å². The van der Waals surface area contributed by atoms with E-state index in [1.807, 2.05) is 0 Å². The van der Waals surface area contributed by atoms with Crippen LogP contribution in [0.1, 0.15) is 21.7 Å². The number of carboxylic acids is 1. The maximum absolute atomic E-state index is 11.7. The number of phenolic OH excluding ortho intramolecular Hbond substituents is 1. The van der Waals surface area contributed by atoms with Crippen LogP contribution >= 0.6 is 11.3 Å². The van der Waals surface area contributed by atoms with Crippen molar-refractivity contribution < 1.29 is 19.8 Å². The molecule has 1 aromatic carbocycles. The minimum Gasteiger partial charge on any atom is -0.508 e. The normalized spacial score (nSPS) is 10.2. The number of hydrogen-bond donors (Lipinski definition) is 3. The quantitative estimate of drug-likeness (QED) is 0.790. The Morgan fingerprint density at radius 2 is 1.90 bits per heavy atom. The summed E-state index contributed by atoms with van der Waals surface area (Å²) in [5.74, 6) is -1.05. The molecule has 1 heterocycles. The molecule has 0 radical (unpaired) electrons. The van der Waals surface area contributed by atoms with Crippen LogP contribution in [0.4, 0.5) is 5.00 Å². The first kappa shape index (κ1) is 14.1. The highest BCUT2D eigenvalue weighted by Crippen LogP contribution is 2.22. The van der Waals surface area contributed by atoms with Gasteiger partial charge in [-0.2, -0.15) is 0 Å². The highest BCUT2D eigenvalue weighted by atomic mass is 32.1. The van der Waals surface area contributed by atoms with Gasteiger partial charge in [-0.1, -0.05) is 18.2 Å². The highest BCUT2D eigenvalue weighted by Gasteiger charge is 2.10. The number of nitrogens with one attached hydrogen (secondary N) is 1. The van der Waals surface area contributed by atoms with Crippen molar-refractivity contribution in [3.8, 4) is 5.75 Å². The first-order chi connectivity index (χ1) is 9.56. The van der Waals surface area contributed by atoms with Gasteiger partial charge in [0.25, 0.3) is 0 Å². The van der Waals surface area contributed by atoms with E-state index in [1.165, 1.54) is 6.07 Å². The van der Waals surface area contributed by atoms with Crippen LogP contribution in [-0.4, -0.2) is 22.1 Å². The zero-order valence-electron chi connectivity index (χ0n) is 10.5. The second-order valence-corrected chi connectivity index (χ2v) is 5.23. The Hall–Kier alpha value is -2.34. The van der Waals surface area contributed by atoms with Crippen molar-refractivity contribution in [3.05, 3.63) is 46.8 Å². The third-order valence-corrected chi connectivity index (χ3v) is 3.68. The van der Waals surface area contributed by atoms with Gasteiger partial charge in [-0.3, -0.25) is 4.79 Å². The van der Waals surface area contributed by atoms with E-state index in [0.29, 0.717) is 17.0 Å².